The fourth-order valence-electron chi connectivity index (χ4n) is 2.57. The molecule has 4 nitrogen and oxygen atoms in total. The van der Waals surface area contributed by atoms with Gasteiger partial charge in [-0.15, -0.1) is 11.3 Å². The second-order valence-electron chi connectivity index (χ2n) is 4.90. The number of hydrogen-bond donors (Lipinski definition) is 1. The molecular formula is C15H12FN3OS. The van der Waals surface area contributed by atoms with E-state index in [9.17, 15) is 4.39 Å². The maximum atomic E-state index is 13.3. The van der Waals surface area contributed by atoms with Crippen LogP contribution < -0.4 is 5.32 Å². The van der Waals surface area contributed by atoms with Crippen molar-refractivity contribution < 1.29 is 8.91 Å². The number of hydrogen-bond acceptors (Lipinski definition) is 5. The summed E-state index contributed by atoms with van der Waals surface area (Å²) in [6, 6.07) is 8.21. The summed E-state index contributed by atoms with van der Waals surface area (Å²) in [7, 11) is 0. The summed E-state index contributed by atoms with van der Waals surface area (Å²) in [6.45, 7) is 0.885. The van der Waals surface area contributed by atoms with Gasteiger partial charge in [-0.2, -0.15) is 4.98 Å². The number of nitrogens with zero attached hydrogens (tertiary/aromatic N) is 2. The third-order valence-corrected chi connectivity index (χ3v) is 4.56. The van der Waals surface area contributed by atoms with Crippen LogP contribution in [0.5, 0.6) is 0 Å². The normalized spacial score (nSPS) is 17.7. The molecule has 1 aromatic carbocycles. The first kappa shape index (κ1) is 12.7. The molecule has 21 heavy (non-hydrogen) atoms. The van der Waals surface area contributed by atoms with E-state index in [1.165, 1.54) is 22.6 Å². The van der Waals surface area contributed by atoms with E-state index in [1.54, 1.807) is 23.5 Å². The van der Waals surface area contributed by atoms with Gasteiger partial charge in [0.1, 0.15) is 11.9 Å². The topological polar surface area (TPSA) is 51.0 Å². The average molecular weight is 301 g/mol. The molecule has 2 aromatic heterocycles. The van der Waals surface area contributed by atoms with Gasteiger partial charge in [0.05, 0.1) is 0 Å². The molecule has 4 rings (SSSR count). The van der Waals surface area contributed by atoms with Crippen molar-refractivity contribution in [3.63, 3.8) is 0 Å². The standard InChI is InChI=1S/C15H12FN3OS/c16-10-3-1-2-9(8-10)14-18-15(20-19-14)13-11-5-7-21-12(11)4-6-17-13/h1-3,5,7-8,13,17H,4,6H2. The van der Waals surface area contributed by atoms with Crippen LogP contribution in [0.15, 0.2) is 40.2 Å². The van der Waals surface area contributed by atoms with E-state index in [0.717, 1.165) is 13.0 Å². The highest BCUT2D eigenvalue weighted by molar-refractivity contribution is 7.10. The number of aromatic nitrogens is 2. The lowest BCUT2D eigenvalue weighted by molar-refractivity contribution is 0.344. The van der Waals surface area contributed by atoms with Gasteiger partial charge in [-0.25, -0.2) is 4.39 Å². The van der Waals surface area contributed by atoms with Gasteiger partial charge in [0, 0.05) is 17.0 Å². The summed E-state index contributed by atoms with van der Waals surface area (Å²) in [5.74, 6) is 0.622. The highest BCUT2D eigenvalue weighted by atomic mass is 32.1. The smallest absolute Gasteiger partial charge is 0.248 e. The molecule has 1 aliphatic heterocycles. The Balaban J connectivity index is 1.70. The van der Waals surface area contributed by atoms with Gasteiger partial charge in [-0.05, 0) is 35.6 Å². The summed E-state index contributed by atoms with van der Waals surface area (Å²) in [5, 5.41) is 9.44. The SMILES string of the molecule is Fc1cccc(-c2noc(C3NCCc4sccc43)n2)c1. The molecule has 6 heteroatoms. The van der Waals surface area contributed by atoms with Crippen molar-refractivity contribution >= 4 is 11.3 Å². The molecule has 0 bridgehead atoms. The number of halogens is 1. The molecule has 0 saturated heterocycles. The second kappa shape index (κ2) is 5.05. The average Bonchev–Trinajstić information content (AvgIpc) is 3.16. The van der Waals surface area contributed by atoms with Crippen LogP contribution in [-0.4, -0.2) is 16.7 Å². The fourth-order valence-corrected chi connectivity index (χ4v) is 3.49. The molecule has 0 aliphatic carbocycles. The molecule has 1 aliphatic rings. The molecule has 0 radical (unpaired) electrons. The quantitative estimate of drug-likeness (QED) is 0.790. The third kappa shape index (κ3) is 2.26. The van der Waals surface area contributed by atoms with Crippen LogP contribution in [0.3, 0.4) is 0 Å². The Hall–Kier alpha value is -2.05. The molecular weight excluding hydrogens is 289 g/mol. The number of thiophene rings is 1. The monoisotopic (exact) mass is 301 g/mol. The third-order valence-electron chi connectivity index (χ3n) is 3.56. The molecule has 106 valence electrons. The number of rotatable bonds is 2. The first-order valence-corrected chi connectivity index (χ1v) is 7.58. The minimum absolute atomic E-state index is 0.0743. The number of nitrogens with one attached hydrogen (secondary N) is 1. The largest absolute Gasteiger partial charge is 0.337 e. The summed E-state index contributed by atoms with van der Waals surface area (Å²) in [4.78, 5) is 5.77. The highest BCUT2D eigenvalue weighted by Gasteiger charge is 2.27. The predicted octanol–water partition coefficient (Wildman–Crippen LogP) is 3.17. The van der Waals surface area contributed by atoms with E-state index in [1.807, 2.05) is 0 Å². The van der Waals surface area contributed by atoms with Gasteiger partial charge in [0.2, 0.25) is 11.7 Å². The highest BCUT2D eigenvalue weighted by Crippen LogP contribution is 2.32. The van der Waals surface area contributed by atoms with Crippen LogP contribution in [0.4, 0.5) is 4.39 Å². The van der Waals surface area contributed by atoms with Crippen LogP contribution in [0.2, 0.25) is 0 Å². The lowest BCUT2D eigenvalue weighted by Crippen LogP contribution is -2.29. The zero-order chi connectivity index (χ0) is 14.2. The van der Waals surface area contributed by atoms with Gasteiger partial charge in [-0.3, -0.25) is 0 Å². The van der Waals surface area contributed by atoms with E-state index >= 15 is 0 Å². The molecule has 1 unspecified atom stereocenters. The molecule has 1 atom stereocenters. The lowest BCUT2D eigenvalue weighted by atomic mass is 10.0. The molecule has 0 saturated carbocycles. The minimum atomic E-state index is -0.310. The Morgan fingerprint density at radius 3 is 3.19 bits per heavy atom. The molecule has 0 amide bonds. The van der Waals surface area contributed by atoms with Crippen LogP contribution in [-0.2, 0) is 6.42 Å². The van der Waals surface area contributed by atoms with Crippen LogP contribution >= 0.6 is 11.3 Å². The summed E-state index contributed by atoms with van der Waals surface area (Å²) in [5.41, 5.74) is 1.81. The van der Waals surface area contributed by atoms with E-state index < -0.39 is 0 Å². The summed E-state index contributed by atoms with van der Waals surface area (Å²) in [6.07, 6.45) is 1.02. The van der Waals surface area contributed by atoms with Crippen molar-refractivity contribution in [3.05, 3.63) is 57.9 Å². The van der Waals surface area contributed by atoms with E-state index in [2.05, 4.69) is 26.9 Å². The van der Waals surface area contributed by atoms with Crippen molar-refractivity contribution in [3.8, 4) is 11.4 Å². The van der Waals surface area contributed by atoms with Crippen LogP contribution in [0, 0.1) is 5.82 Å². The predicted molar refractivity (Wildman–Crippen MR) is 77.6 cm³/mol. The van der Waals surface area contributed by atoms with Crippen molar-refractivity contribution in [2.75, 3.05) is 6.54 Å². The Bertz CT molecular complexity index is 783. The maximum absolute atomic E-state index is 13.3. The van der Waals surface area contributed by atoms with Gasteiger partial charge in [0.25, 0.3) is 0 Å². The Morgan fingerprint density at radius 2 is 2.29 bits per heavy atom. The summed E-state index contributed by atoms with van der Waals surface area (Å²) >= 11 is 1.75. The lowest BCUT2D eigenvalue weighted by Gasteiger charge is -2.20. The van der Waals surface area contributed by atoms with Crippen LogP contribution in [0.25, 0.3) is 11.4 Å². The first-order valence-electron chi connectivity index (χ1n) is 6.70. The zero-order valence-corrected chi connectivity index (χ0v) is 11.9. The van der Waals surface area contributed by atoms with E-state index in [4.69, 9.17) is 4.52 Å². The molecule has 1 N–H and O–H groups in total. The van der Waals surface area contributed by atoms with Crippen molar-refractivity contribution in [1.29, 1.82) is 0 Å². The molecule has 3 heterocycles. The van der Waals surface area contributed by atoms with Gasteiger partial charge in [-0.1, -0.05) is 17.3 Å². The van der Waals surface area contributed by atoms with Gasteiger partial charge >= 0.3 is 0 Å². The summed E-state index contributed by atoms with van der Waals surface area (Å²) < 4.78 is 18.7. The Kier molecular flexibility index (Phi) is 3.05. The van der Waals surface area contributed by atoms with E-state index in [0.29, 0.717) is 17.3 Å². The zero-order valence-electron chi connectivity index (χ0n) is 11.0. The molecule has 0 fully saturated rings. The number of benzene rings is 1. The Labute approximate surface area is 124 Å². The maximum Gasteiger partial charge on any atom is 0.248 e. The van der Waals surface area contributed by atoms with Gasteiger partial charge in [0.15, 0.2) is 0 Å². The second-order valence-corrected chi connectivity index (χ2v) is 5.90. The Morgan fingerprint density at radius 1 is 1.33 bits per heavy atom. The molecule has 0 spiro atoms. The first-order chi connectivity index (χ1) is 10.3. The van der Waals surface area contributed by atoms with Crippen molar-refractivity contribution in [1.82, 2.24) is 15.5 Å². The van der Waals surface area contributed by atoms with Crippen LogP contribution in [0.1, 0.15) is 22.4 Å². The van der Waals surface area contributed by atoms with Crippen molar-refractivity contribution in [2.45, 2.75) is 12.5 Å². The molecule has 3 aromatic rings. The van der Waals surface area contributed by atoms with E-state index in [-0.39, 0.29) is 11.9 Å². The number of fused-ring (bicyclic) bond motifs is 1. The minimum Gasteiger partial charge on any atom is -0.337 e. The fraction of sp³-hybridized carbons (Fsp3) is 0.200. The van der Waals surface area contributed by atoms with Gasteiger partial charge < -0.3 is 9.84 Å². The van der Waals surface area contributed by atoms with Crippen molar-refractivity contribution in [2.24, 2.45) is 0 Å².